The number of nitrogens with zero attached hydrogens (tertiary/aromatic N) is 2. The van der Waals surface area contributed by atoms with E-state index in [0.29, 0.717) is 36.9 Å². The number of amides is 1. The van der Waals surface area contributed by atoms with Crippen molar-refractivity contribution in [3.05, 3.63) is 83.8 Å². The summed E-state index contributed by atoms with van der Waals surface area (Å²) in [6.07, 6.45) is -2.83. The number of halogens is 3. The Balaban J connectivity index is 0.000000821. The van der Waals surface area contributed by atoms with Gasteiger partial charge in [-0.3, -0.25) is 9.69 Å². The number of carbonyl (C=O) groups excluding carboxylic acids is 1. The number of aromatic nitrogens is 1. The van der Waals surface area contributed by atoms with Crippen LogP contribution in [-0.4, -0.2) is 63.3 Å². The number of carbonyl (C=O) groups is 3. The van der Waals surface area contributed by atoms with Crippen molar-refractivity contribution in [2.45, 2.75) is 52.1 Å². The molecule has 232 valence electrons. The SMILES string of the molecule is C=CCc1cc(CN(CC(=O)NC)Cc2nc(-c3ccccc3)oc2C)ccc1OC(C)(C)C(=O)O.O=C(O)C(F)(F)F. The van der Waals surface area contributed by atoms with Gasteiger partial charge in [0, 0.05) is 25.7 Å². The van der Waals surface area contributed by atoms with Crippen molar-refractivity contribution in [1.29, 1.82) is 0 Å². The van der Waals surface area contributed by atoms with Crippen LogP contribution in [0.15, 0.2) is 65.6 Å². The minimum Gasteiger partial charge on any atom is -0.478 e. The lowest BCUT2D eigenvalue weighted by Crippen LogP contribution is -2.38. The fraction of sp³-hybridized carbons (Fsp3) is 0.333. The number of hydrogen-bond donors (Lipinski definition) is 3. The molecule has 0 aliphatic carbocycles. The van der Waals surface area contributed by atoms with Crippen molar-refractivity contribution >= 4 is 17.8 Å². The highest BCUT2D eigenvalue weighted by molar-refractivity contribution is 5.78. The van der Waals surface area contributed by atoms with Gasteiger partial charge < -0.3 is 24.7 Å². The van der Waals surface area contributed by atoms with Gasteiger partial charge in [0.05, 0.1) is 12.2 Å². The monoisotopic (exact) mass is 605 g/mol. The lowest BCUT2D eigenvalue weighted by atomic mass is 10.0. The first kappa shape index (κ1) is 34.6. The molecule has 0 aliphatic rings. The molecule has 0 bridgehead atoms. The summed E-state index contributed by atoms with van der Waals surface area (Å²) in [5.41, 5.74) is 2.04. The first-order chi connectivity index (χ1) is 20.1. The van der Waals surface area contributed by atoms with Crippen LogP contribution in [0.5, 0.6) is 5.75 Å². The molecule has 0 aliphatic heterocycles. The first-order valence-electron chi connectivity index (χ1n) is 13.0. The van der Waals surface area contributed by atoms with E-state index in [9.17, 15) is 27.9 Å². The van der Waals surface area contributed by atoms with Crippen LogP contribution in [0.2, 0.25) is 0 Å². The second-order valence-corrected chi connectivity index (χ2v) is 9.86. The number of nitrogens with one attached hydrogen (secondary N) is 1. The number of likely N-dealkylation sites (N-methyl/N-ethyl adjacent to an activating group) is 1. The van der Waals surface area contributed by atoms with Gasteiger partial charge in [0.25, 0.3) is 0 Å². The summed E-state index contributed by atoms with van der Waals surface area (Å²) in [6, 6.07) is 15.3. The Morgan fingerprint density at radius 2 is 1.70 bits per heavy atom. The highest BCUT2D eigenvalue weighted by Gasteiger charge is 2.38. The largest absolute Gasteiger partial charge is 0.490 e. The number of hydrogen-bond acceptors (Lipinski definition) is 7. The number of rotatable bonds is 12. The zero-order valence-corrected chi connectivity index (χ0v) is 24.2. The first-order valence-corrected chi connectivity index (χ1v) is 13.0. The third kappa shape index (κ3) is 10.6. The van der Waals surface area contributed by atoms with Crippen LogP contribution in [0, 0.1) is 6.92 Å². The summed E-state index contributed by atoms with van der Waals surface area (Å²) in [4.78, 5) is 39.4. The highest BCUT2D eigenvalue weighted by Crippen LogP contribution is 2.27. The van der Waals surface area contributed by atoms with E-state index in [1.165, 1.54) is 13.8 Å². The van der Waals surface area contributed by atoms with Gasteiger partial charge in [-0.15, -0.1) is 6.58 Å². The zero-order valence-electron chi connectivity index (χ0n) is 24.2. The molecule has 1 aromatic heterocycles. The van der Waals surface area contributed by atoms with Crippen molar-refractivity contribution < 1.29 is 46.9 Å². The van der Waals surface area contributed by atoms with Crippen molar-refractivity contribution in [3.8, 4) is 17.2 Å². The van der Waals surface area contributed by atoms with E-state index >= 15 is 0 Å². The van der Waals surface area contributed by atoms with Crippen LogP contribution >= 0.6 is 0 Å². The Bertz CT molecular complexity index is 1420. The van der Waals surface area contributed by atoms with E-state index < -0.39 is 23.7 Å². The van der Waals surface area contributed by atoms with Crippen molar-refractivity contribution in [2.24, 2.45) is 0 Å². The molecule has 0 unspecified atom stereocenters. The van der Waals surface area contributed by atoms with Gasteiger partial charge in [-0.25, -0.2) is 14.6 Å². The topological polar surface area (TPSA) is 142 Å². The third-order valence-corrected chi connectivity index (χ3v) is 5.95. The molecule has 1 amide bonds. The molecule has 0 radical (unpaired) electrons. The summed E-state index contributed by atoms with van der Waals surface area (Å²) >= 11 is 0. The van der Waals surface area contributed by atoms with Crippen molar-refractivity contribution in [3.63, 3.8) is 0 Å². The second kappa shape index (κ2) is 15.0. The molecule has 3 rings (SSSR count). The molecule has 13 heteroatoms. The van der Waals surface area contributed by atoms with E-state index in [-0.39, 0.29) is 12.5 Å². The number of oxazole rings is 1. The molecule has 0 spiro atoms. The number of aryl methyl sites for hydroxylation is 1. The number of ether oxygens (including phenoxy) is 1. The number of benzene rings is 2. The maximum absolute atomic E-state index is 12.3. The van der Waals surface area contributed by atoms with Crippen LogP contribution in [-0.2, 0) is 33.9 Å². The Hall–Kier alpha value is -4.65. The summed E-state index contributed by atoms with van der Waals surface area (Å²) in [5, 5.41) is 19.2. The maximum atomic E-state index is 12.3. The molecule has 0 saturated carbocycles. The Morgan fingerprint density at radius 3 is 2.23 bits per heavy atom. The zero-order chi connectivity index (χ0) is 32.4. The Labute approximate surface area is 246 Å². The van der Waals surface area contributed by atoms with Crippen LogP contribution in [0.1, 0.15) is 36.4 Å². The molecule has 43 heavy (non-hydrogen) atoms. The van der Waals surface area contributed by atoms with Gasteiger partial charge in [0.1, 0.15) is 11.5 Å². The van der Waals surface area contributed by atoms with Crippen LogP contribution in [0.3, 0.4) is 0 Å². The fourth-order valence-electron chi connectivity index (χ4n) is 3.66. The molecular weight excluding hydrogens is 571 g/mol. The number of carboxylic acids is 2. The van der Waals surface area contributed by atoms with E-state index in [0.717, 1.165) is 22.4 Å². The summed E-state index contributed by atoms with van der Waals surface area (Å²) in [6.45, 7) is 9.74. The molecule has 1 heterocycles. The molecule has 2 aromatic carbocycles. The van der Waals surface area contributed by atoms with Crippen LogP contribution in [0.25, 0.3) is 11.5 Å². The number of aliphatic carboxylic acids is 2. The van der Waals surface area contributed by atoms with Gasteiger partial charge >= 0.3 is 18.1 Å². The van der Waals surface area contributed by atoms with Gasteiger partial charge in [-0.1, -0.05) is 36.4 Å². The molecular formula is C30H34F3N3O7. The molecule has 3 N–H and O–H groups in total. The van der Waals surface area contributed by atoms with Crippen molar-refractivity contribution in [1.82, 2.24) is 15.2 Å². The molecule has 0 atom stereocenters. The smallest absolute Gasteiger partial charge is 0.478 e. The summed E-state index contributed by atoms with van der Waals surface area (Å²) in [7, 11) is 1.61. The van der Waals surface area contributed by atoms with Crippen molar-refractivity contribution in [2.75, 3.05) is 13.6 Å². The molecule has 3 aromatic rings. The van der Waals surface area contributed by atoms with Gasteiger partial charge in [0.2, 0.25) is 11.8 Å². The Kier molecular flexibility index (Phi) is 12.1. The third-order valence-electron chi connectivity index (χ3n) is 5.95. The Morgan fingerprint density at radius 1 is 1.07 bits per heavy atom. The minimum atomic E-state index is -5.08. The highest BCUT2D eigenvalue weighted by atomic mass is 19.4. The lowest BCUT2D eigenvalue weighted by molar-refractivity contribution is -0.192. The second-order valence-electron chi connectivity index (χ2n) is 9.86. The summed E-state index contributed by atoms with van der Waals surface area (Å²) in [5.74, 6) is -2.20. The lowest BCUT2D eigenvalue weighted by Gasteiger charge is -2.25. The van der Waals surface area contributed by atoms with Crippen LogP contribution in [0.4, 0.5) is 13.2 Å². The predicted molar refractivity (Wildman–Crippen MR) is 151 cm³/mol. The number of alkyl halides is 3. The average Bonchev–Trinajstić information content (AvgIpc) is 3.30. The summed E-state index contributed by atoms with van der Waals surface area (Å²) < 4.78 is 43.4. The van der Waals surface area contributed by atoms with E-state index in [2.05, 4.69) is 16.9 Å². The van der Waals surface area contributed by atoms with E-state index in [1.807, 2.05) is 54.3 Å². The van der Waals surface area contributed by atoms with Gasteiger partial charge in [-0.2, -0.15) is 13.2 Å². The normalized spacial score (nSPS) is 11.3. The quantitative estimate of drug-likeness (QED) is 0.243. The number of allylic oxidation sites excluding steroid dienone is 1. The van der Waals surface area contributed by atoms with E-state index in [4.69, 9.17) is 19.1 Å². The van der Waals surface area contributed by atoms with Gasteiger partial charge in [-0.05, 0) is 56.5 Å². The number of carboxylic acid groups (broad SMARTS) is 2. The van der Waals surface area contributed by atoms with Gasteiger partial charge in [0.15, 0.2) is 5.60 Å². The predicted octanol–water partition coefficient (Wildman–Crippen LogP) is 5.00. The minimum absolute atomic E-state index is 0.117. The fourth-order valence-corrected chi connectivity index (χ4v) is 3.66. The maximum Gasteiger partial charge on any atom is 0.490 e. The average molecular weight is 606 g/mol. The standard InChI is InChI=1S/C28H33N3O5.C2HF3O2/c1-6-10-22-15-20(13-14-24(22)36-28(3,4)27(33)34)16-31(18-25(32)29-5)17-23-19(2)35-26(30-23)21-11-8-7-9-12-21;3-2(4,5)1(6)7/h6-9,11-15H,1,10,16-18H2,2-5H3,(H,29,32)(H,33,34);(H,6,7). The van der Waals surface area contributed by atoms with Crippen LogP contribution < -0.4 is 10.1 Å². The molecule has 10 nitrogen and oxygen atoms in total. The molecule has 0 fully saturated rings. The molecule has 0 saturated heterocycles. The van der Waals surface area contributed by atoms with E-state index in [1.54, 1.807) is 19.2 Å².